The van der Waals surface area contributed by atoms with Crippen molar-refractivity contribution in [1.82, 2.24) is 5.32 Å². The number of para-hydroxylation sites is 1. The molecule has 19 heavy (non-hydrogen) atoms. The van der Waals surface area contributed by atoms with Crippen molar-refractivity contribution in [3.63, 3.8) is 0 Å². The first-order chi connectivity index (χ1) is 9.11. The monoisotopic (exact) mass is 315 g/mol. The van der Waals surface area contributed by atoms with Crippen LogP contribution in [0.5, 0.6) is 11.5 Å². The largest absolute Gasteiger partial charge is 0.454 e. The molecule has 2 nitrogen and oxygen atoms in total. The van der Waals surface area contributed by atoms with E-state index in [4.69, 9.17) is 39.5 Å². The van der Waals surface area contributed by atoms with Crippen LogP contribution in [0.2, 0.25) is 15.1 Å². The standard InChI is InChI=1S/C14H12Cl3NO/c1-18-8-9-3-2-4-11(16)14(9)19-13-6-5-10(15)7-12(13)17/h2-7,18H,8H2,1H3. The highest BCUT2D eigenvalue weighted by atomic mass is 35.5. The van der Waals surface area contributed by atoms with E-state index < -0.39 is 0 Å². The molecule has 0 unspecified atom stereocenters. The molecule has 0 fully saturated rings. The smallest absolute Gasteiger partial charge is 0.150 e. The van der Waals surface area contributed by atoms with Gasteiger partial charge in [-0.25, -0.2) is 0 Å². The van der Waals surface area contributed by atoms with Crippen LogP contribution in [-0.2, 0) is 6.54 Å². The predicted molar refractivity (Wildman–Crippen MR) is 80.8 cm³/mol. The average Bonchev–Trinajstić information content (AvgIpc) is 2.36. The van der Waals surface area contributed by atoms with E-state index in [0.29, 0.717) is 33.1 Å². The lowest BCUT2D eigenvalue weighted by molar-refractivity contribution is 0.475. The predicted octanol–water partition coefficient (Wildman–Crippen LogP) is 5.16. The Labute approximate surface area is 127 Å². The summed E-state index contributed by atoms with van der Waals surface area (Å²) in [6, 6.07) is 10.7. The first-order valence-corrected chi connectivity index (χ1v) is 6.80. The van der Waals surface area contributed by atoms with Gasteiger partial charge in [0.15, 0.2) is 5.75 Å². The Kier molecular flexibility index (Phi) is 4.94. The van der Waals surface area contributed by atoms with Gasteiger partial charge in [0.05, 0.1) is 10.0 Å². The summed E-state index contributed by atoms with van der Waals surface area (Å²) in [5, 5.41) is 4.62. The molecule has 0 radical (unpaired) electrons. The van der Waals surface area contributed by atoms with E-state index in [0.717, 1.165) is 5.56 Å². The molecule has 0 bridgehead atoms. The summed E-state index contributed by atoms with van der Waals surface area (Å²) in [6.07, 6.45) is 0. The molecule has 100 valence electrons. The molecule has 0 heterocycles. The van der Waals surface area contributed by atoms with Crippen LogP contribution in [0.3, 0.4) is 0 Å². The fourth-order valence-corrected chi connectivity index (χ4v) is 2.35. The Morgan fingerprint density at radius 2 is 1.84 bits per heavy atom. The number of hydrogen-bond donors (Lipinski definition) is 1. The molecule has 0 atom stereocenters. The molecule has 0 saturated heterocycles. The first-order valence-electron chi connectivity index (χ1n) is 5.66. The lowest BCUT2D eigenvalue weighted by atomic mass is 10.2. The van der Waals surface area contributed by atoms with E-state index in [1.54, 1.807) is 24.3 Å². The number of rotatable bonds is 4. The molecule has 0 spiro atoms. The highest BCUT2D eigenvalue weighted by Crippen LogP contribution is 2.37. The summed E-state index contributed by atoms with van der Waals surface area (Å²) in [4.78, 5) is 0. The number of nitrogens with one attached hydrogen (secondary N) is 1. The van der Waals surface area contributed by atoms with Crippen molar-refractivity contribution in [3.8, 4) is 11.5 Å². The summed E-state index contributed by atoms with van der Waals surface area (Å²) in [5.74, 6) is 1.12. The van der Waals surface area contributed by atoms with Crippen molar-refractivity contribution in [2.45, 2.75) is 6.54 Å². The van der Waals surface area contributed by atoms with Crippen molar-refractivity contribution < 1.29 is 4.74 Å². The molecule has 0 aliphatic rings. The Morgan fingerprint density at radius 3 is 2.53 bits per heavy atom. The molecule has 2 rings (SSSR count). The van der Waals surface area contributed by atoms with Gasteiger partial charge < -0.3 is 10.1 Å². The van der Waals surface area contributed by atoms with Gasteiger partial charge in [0.1, 0.15) is 5.75 Å². The van der Waals surface area contributed by atoms with Gasteiger partial charge in [0.2, 0.25) is 0 Å². The fraction of sp³-hybridized carbons (Fsp3) is 0.143. The van der Waals surface area contributed by atoms with Crippen LogP contribution in [-0.4, -0.2) is 7.05 Å². The van der Waals surface area contributed by atoms with E-state index in [-0.39, 0.29) is 0 Å². The second-order valence-electron chi connectivity index (χ2n) is 3.94. The van der Waals surface area contributed by atoms with E-state index in [1.807, 2.05) is 19.2 Å². The third-order valence-electron chi connectivity index (χ3n) is 2.52. The summed E-state index contributed by atoms with van der Waals surface area (Å²) in [5.41, 5.74) is 0.959. The molecule has 0 aliphatic carbocycles. The molecular formula is C14H12Cl3NO. The van der Waals surface area contributed by atoms with E-state index >= 15 is 0 Å². The first kappa shape index (κ1) is 14.5. The van der Waals surface area contributed by atoms with Crippen LogP contribution in [0.15, 0.2) is 36.4 Å². The molecule has 2 aromatic carbocycles. The molecule has 0 aliphatic heterocycles. The third-order valence-corrected chi connectivity index (χ3v) is 3.35. The maximum atomic E-state index is 6.18. The quantitative estimate of drug-likeness (QED) is 0.841. The summed E-state index contributed by atoms with van der Waals surface area (Å²) >= 11 is 18.1. The molecule has 0 saturated carbocycles. The van der Waals surface area contributed by atoms with Crippen molar-refractivity contribution in [1.29, 1.82) is 0 Å². The van der Waals surface area contributed by atoms with Gasteiger partial charge in [0, 0.05) is 17.1 Å². The highest BCUT2D eigenvalue weighted by molar-refractivity contribution is 6.35. The second kappa shape index (κ2) is 6.49. The van der Waals surface area contributed by atoms with Crippen LogP contribution in [0.4, 0.5) is 0 Å². The highest BCUT2D eigenvalue weighted by Gasteiger charge is 2.11. The van der Waals surface area contributed by atoms with E-state index in [1.165, 1.54) is 0 Å². The minimum atomic E-state index is 0.447. The molecule has 2 aromatic rings. The molecule has 0 aromatic heterocycles. The summed E-state index contributed by atoms with van der Waals surface area (Å²) < 4.78 is 5.82. The fourth-order valence-electron chi connectivity index (χ4n) is 1.67. The molecular weight excluding hydrogens is 305 g/mol. The van der Waals surface area contributed by atoms with Crippen LogP contribution < -0.4 is 10.1 Å². The van der Waals surface area contributed by atoms with Crippen LogP contribution in [0, 0.1) is 0 Å². The van der Waals surface area contributed by atoms with E-state index in [9.17, 15) is 0 Å². The maximum absolute atomic E-state index is 6.18. The Morgan fingerprint density at radius 1 is 1.05 bits per heavy atom. The van der Waals surface area contributed by atoms with Crippen molar-refractivity contribution >= 4 is 34.8 Å². The normalized spacial score (nSPS) is 10.5. The number of hydrogen-bond acceptors (Lipinski definition) is 2. The van der Waals surface area contributed by atoms with Gasteiger partial charge in [-0.2, -0.15) is 0 Å². The van der Waals surface area contributed by atoms with Gasteiger partial charge in [-0.1, -0.05) is 46.9 Å². The molecule has 5 heteroatoms. The lowest BCUT2D eigenvalue weighted by Crippen LogP contribution is -2.06. The van der Waals surface area contributed by atoms with Crippen molar-refractivity contribution in [3.05, 3.63) is 57.0 Å². The number of benzene rings is 2. The van der Waals surface area contributed by atoms with Gasteiger partial charge in [-0.15, -0.1) is 0 Å². The SMILES string of the molecule is CNCc1cccc(Cl)c1Oc1ccc(Cl)cc1Cl. The van der Waals surface area contributed by atoms with Gasteiger partial charge in [-0.3, -0.25) is 0 Å². The lowest BCUT2D eigenvalue weighted by Gasteiger charge is -2.13. The Hall–Kier alpha value is -0.930. The molecule has 0 amide bonds. The van der Waals surface area contributed by atoms with Crippen molar-refractivity contribution in [2.75, 3.05) is 7.05 Å². The number of ether oxygens (including phenoxy) is 1. The summed E-state index contributed by atoms with van der Waals surface area (Å²) in [7, 11) is 1.86. The topological polar surface area (TPSA) is 21.3 Å². The molecule has 1 N–H and O–H groups in total. The third kappa shape index (κ3) is 3.54. The zero-order valence-corrected chi connectivity index (χ0v) is 12.5. The van der Waals surface area contributed by atoms with Crippen molar-refractivity contribution in [2.24, 2.45) is 0 Å². The van der Waals surface area contributed by atoms with Gasteiger partial charge in [0.25, 0.3) is 0 Å². The zero-order chi connectivity index (χ0) is 13.8. The summed E-state index contributed by atoms with van der Waals surface area (Å²) in [6.45, 7) is 0.654. The number of halogens is 3. The van der Waals surface area contributed by atoms with Gasteiger partial charge in [-0.05, 0) is 31.3 Å². The van der Waals surface area contributed by atoms with E-state index in [2.05, 4.69) is 5.32 Å². The minimum absolute atomic E-state index is 0.447. The van der Waals surface area contributed by atoms with Crippen LogP contribution in [0.1, 0.15) is 5.56 Å². The zero-order valence-electron chi connectivity index (χ0n) is 10.2. The van der Waals surface area contributed by atoms with Crippen LogP contribution in [0.25, 0.3) is 0 Å². The average molecular weight is 317 g/mol. The minimum Gasteiger partial charge on any atom is -0.454 e. The van der Waals surface area contributed by atoms with Crippen LogP contribution >= 0.6 is 34.8 Å². The Balaban J connectivity index is 2.37. The maximum Gasteiger partial charge on any atom is 0.150 e. The van der Waals surface area contributed by atoms with Gasteiger partial charge >= 0.3 is 0 Å². The second-order valence-corrected chi connectivity index (χ2v) is 5.19. The Bertz CT molecular complexity index is 587.